The molecule has 1 aliphatic rings. The third-order valence-electron chi connectivity index (χ3n) is 6.44. The van der Waals surface area contributed by atoms with E-state index < -0.39 is 6.04 Å². The van der Waals surface area contributed by atoms with Crippen LogP contribution in [-0.4, -0.2) is 20.4 Å². The van der Waals surface area contributed by atoms with Crippen molar-refractivity contribution in [1.29, 1.82) is 0 Å². The van der Waals surface area contributed by atoms with Crippen molar-refractivity contribution < 1.29 is 4.79 Å². The van der Waals surface area contributed by atoms with E-state index in [2.05, 4.69) is 12.1 Å². The number of fused-ring (bicyclic) bond motifs is 2. The van der Waals surface area contributed by atoms with E-state index in [-0.39, 0.29) is 23.6 Å². The standard InChI is InChI=1S/C27H25N3O2/c1-18(21-13-7-4-8-14-21)29-24(17-20-11-5-3-6-12-20)25-28-23-16-10-9-15-22(23)27(32)30(25)19(2)26(29)31/h3-16,18-19,24H,17H2,1-2H3/t18-,19-,24+/m0/s1. The number of rotatable bonds is 4. The highest BCUT2D eigenvalue weighted by molar-refractivity contribution is 5.84. The molecule has 0 fully saturated rings. The molecule has 1 amide bonds. The van der Waals surface area contributed by atoms with Gasteiger partial charge in [0.2, 0.25) is 5.91 Å². The second-order valence-corrected chi connectivity index (χ2v) is 8.38. The van der Waals surface area contributed by atoms with Gasteiger partial charge in [-0.1, -0.05) is 72.8 Å². The molecule has 0 unspecified atom stereocenters. The summed E-state index contributed by atoms with van der Waals surface area (Å²) < 4.78 is 1.60. The van der Waals surface area contributed by atoms with Crippen LogP contribution in [0.4, 0.5) is 0 Å². The summed E-state index contributed by atoms with van der Waals surface area (Å²) in [7, 11) is 0. The summed E-state index contributed by atoms with van der Waals surface area (Å²) in [4.78, 5) is 34.0. The van der Waals surface area contributed by atoms with Crippen molar-refractivity contribution >= 4 is 16.8 Å². The Balaban J connectivity index is 1.73. The fourth-order valence-electron chi connectivity index (χ4n) is 4.76. The molecule has 0 saturated heterocycles. The molecule has 0 bridgehead atoms. The molecule has 3 atom stereocenters. The van der Waals surface area contributed by atoms with Gasteiger partial charge in [0, 0.05) is 6.42 Å². The Morgan fingerprint density at radius 1 is 0.875 bits per heavy atom. The van der Waals surface area contributed by atoms with Gasteiger partial charge in [-0.05, 0) is 37.1 Å². The molecule has 3 aromatic carbocycles. The summed E-state index contributed by atoms with van der Waals surface area (Å²) in [5.41, 5.74) is 2.66. The van der Waals surface area contributed by atoms with E-state index in [1.165, 1.54) is 0 Å². The second-order valence-electron chi connectivity index (χ2n) is 8.38. The van der Waals surface area contributed by atoms with Gasteiger partial charge in [-0.3, -0.25) is 14.2 Å². The zero-order valence-corrected chi connectivity index (χ0v) is 18.2. The van der Waals surface area contributed by atoms with Gasteiger partial charge in [0.25, 0.3) is 5.56 Å². The first-order valence-corrected chi connectivity index (χ1v) is 11.0. The molecule has 1 aromatic heterocycles. The number of carbonyl (C=O) groups is 1. The summed E-state index contributed by atoms with van der Waals surface area (Å²) >= 11 is 0. The Hall–Kier alpha value is -3.73. The minimum Gasteiger partial charge on any atom is -0.324 e. The van der Waals surface area contributed by atoms with Crippen molar-refractivity contribution in [2.24, 2.45) is 0 Å². The Morgan fingerprint density at radius 3 is 2.22 bits per heavy atom. The molecular weight excluding hydrogens is 398 g/mol. The number of carbonyl (C=O) groups excluding carboxylic acids is 1. The Bertz CT molecular complexity index is 1330. The molecule has 4 aromatic rings. The van der Waals surface area contributed by atoms with E-state index in [4.69, 9.17) is 4.98 Å². The summed E-state index contributed by atoms with van der Waals surface area (Å²) in [6.45, 7) is 3.85. The molecule has 0 aliphatic carbocycles. The number of aromatic nitrogens is 2. The zero-order chi connectivity index (χ0) is 22.2. The Labute approximate surface area is 187 Å². The van der Waals surface area contributed by atoms with Crippen LogP contribution in [0.2, 0.25) is 0 Å². The lowest BCUT2D eigenvalue weighted by molar-refractivity contribution is -0.142. The van der Waals surface area contributed by atoms with Crippen LogP contribution in [0.15, 0.2) is 89.7 Å². The quantitative estimate of drug-likeness (QED) is 0.472. The van der Waals surface area contributed by atoms with Crippen LogP contribution in [0.25, 0.3) is 10.9 Å². The lowest BCUT2D eigenvalue weighted by atomic mass is 9.95. The first-order chi connectivity index (χ1) is 15.6. The predicted octanol–water partition coefficient (Wildman–Crippen LogP) is 4.84. The largest absolute Gasteiger partial charge is 0.324 e. The molecule has 5 nitrogen and oxygen atoms in total. The summed E-state index contributed by atoms with van der Waals surface area (Å²) in [6.07, 6.45) is 0.585. The van der Waals surface area contributed by atoms with Crippen molar-refractivity contribution in [2.75, 3.05) is 0 Å². The molecule has 5 heteroatoms. The maximum atomic E-state index is 13.7. The number of nitrogens with zero attached hydrogens (tertiary/aromatic N) is 3. The monoisotopic (exact) mass is 423 g/mol. The smallest absolute Gasteiger partial charge is 0.262 e. The van der Waals surface area contributed by atoms with Crippen molar-refractivity contribution in [2.45, 2.75) is 38.4 Å². The van der Waals surface area contributed by atoms with Gasteiger partial charge in [0.05, 0.1) is 23.0 Å². The molecule has 160 valence electrons. The normalized spacial score (nSPS) is 19.1. The Kier molecular flexibility index (Phi) is 5.10. The zero-order valence-electron chi connectivity index (χ0n) is 18.2. The number of amides is 1. The summed E-state index contributed by atoms with van der Waals surface area (Å²) in [6, 6.07) is 26.3. The average Bonchev–Trinajstić information content (AvgIpc) is 2.83. The fraction of sp³-hybridized carbons (Fsp3) is 0.222. The van der Waals surface area contributed by atoms with E-state index in [0.29, 0.717) is 23.1 Å². The highest BCUT2D eigenvalue weighted by Crippen LogP contribution is 2.38. The van der Waals surface area contributed by atoms with E-state index in [9.17, 15) is 9.59 Å². The molecule has 0 N–H and O–H groups in total. The van der Waals surface area contributed by atoms with Gasteiger partial charge in [0.15, 0.2) is 0 Å². The highest BCUT2D eigenvalue weighted by Gasteiger charge is 2.42. The topological polar surface area (TPSA) is 55.2 Å². The molecular formula is C27H25N3O2. The van der Waals surface area contributed by atoms with Gasteiger partial charge in [-0.25, -0.2) is 4.98 Å². The van der Waals surface area contributed by atoms with E-state index in [0.717, 1.165) is 11.1 Å². The van der Waals surface area contributed by atoms with Crippen LogP contribution >= 0.6 is 0 Å². The molecule has 0 radical (unpaired) electrons. The van der Waals surface area contributed by atoms with Gasteiger partial charge in [-0.15, -0.1) is 0 Å². The molecule has 5 rings (SSSR count). The third-order valence-corrected chi connectivity index (χ3v) is 6.44. The summed E-state index contributed by atoms with van der Waals surface area (Å²) in [5, 5.41) is 0.541. The summed E-state index contributed by atoms with van der Waals surface area (Å²) in [5.74, 6) is 0.585. The average molecular weight is 424 g/mol. The van der Waals surface area contributed by atoms with Crippen LogP contribution in [-0.2, 0) is 11.2 Å². The van der Waals surface area contributed by atoms with Crippen LogP contribution in [0, 0.1) is 0 Å². The van der Waals surface area contributed by atoms with Crippen molar-refractivity contribution in [1.82, 2.24) is 14.5 Å². The van der Waals surface area contributed by atoms with Crippen LogP contribution < -0.4 is 5.56 Å². The van der Waals surface area contributed by atoms with Crippen LogP contribution in [0.1, 0.15) is 48.9 Å². The number of hydrogen-bond acceptors (Lipinski definition) is 3. The molecule has 0 spiro atoms. The van der Waals surface area contributed by atoms with Crippen molar-refractivity contribution in [3.8, 4) is 0 Å². The lowest BCUT2D eigenvalue weighted by Gasteiger charge is -2.43. The van der Waals surface area contributed by atoms with Crippen LogP contribution in [0.3, 0.4) is 0 Å². The third kappa shape index (κ3) is 3.30. The molecule has 2 heterocycles. The number of benzene rings is 3. The predicted molar refractivity (Wildman–Crippen MR) is 125 cm³/mol. The molecule has 0 saturated carbocycles. The molecule has 1 aliphatic heterocycles. The maximum Gasteiger partial charge on any atom is 0.262 e. The number of hydrogen-bond donors (Lipinski definition) is 0. The van der Waals surface area contributed by atoms with Crippen LogP contribution in [0.5, 0.6) is 0 Å². The van der Waals surface area contributed by atoms with Gasteiger partial charge < -0.3 is 4.90 Å². The van der Waals surface area contributed by atoms with E-state index >= 15 is 0 Å². The van der Waals surface area contributed by atoms with Gasteiger partial charge >= 0.3 is 0 Å². The SMILES string of the molecule is C[C@@H](c1ccccc1)N1C(=O)[C@H](C)n2c(nc3ccccc3c2=O)[C@H]1Cc1ccccc1. The number of para-hydroxylation sites is 1. The molecule has 32 heavy (non-hydrogen) atoms. The first kappa shape index (κ1) is 20.2. The van der Waals surface area contributed by atoms with Gasteiger partial charge in [0.1, 0.15) is 11.9 Å². The highest BCUT2D eigenvalue weighted by atomic mass is 16.2. The van der Waals surface area contributed by atoms with E-state index in [1.54, 1.807) is 17.6 Å². The fourth-order valence-corrected chi connectivity index (χ4v) is 4.76. The second kappa shape index (κ2) is 8.08. The first-order valence-electron chi connectivity index (χ1n) is 11.0. The van der Waals surface area contributed by atoms with Gasteiger partial charge in [-0.2, -0.15) is 0 Å². The van der Waals surface area contributed by atoms with Crippen molar-refractivity contribution in [3.05, 3.63) is 112 Å². The minimum absolute atomic E-state index is 0.0611. The minimum atomic E-state index is -0.618. The Morgan fingerprint density at radius 2 is 1.50 bits per heavy atom. The lowest BCUT2D eigenvalue weighted by Crippen LogP contribution is -2.50. The van der Waals surface area contributed by atoms with Crippen molar-refractivity contribution in [3.63, 3.8) is 0 Å². The maximum absolute atomic E-state index is 13.7. The van der Waals surface area contributed by atoms with E-state index in [1.807, 2.05) is 78.6 Å².